The van der Waals surface area contributed by atoms with E-state index in [1.807, 2.05) is 18.2 Å². The number of aromatic nitrogens is 2. The van der Waals surface area contributed by atoms with Crippen LogP contribution in [0.25, 0.3) is 20.8 Å². The molecule has 0 saturated heterocycles. The van der Waals surface area contributed by atoms with Crippen LogP contribution in [-0.4, -0.2) is 43.0 Å². The molecule has 198 valence electrons. The minimum atomic E-state index is -3.00. The monoisotopic (exact) mass is 555 g/mol. The van der Waals surface area contributed by atoms with Crippen LogP contribution in [0.15, 0.2) is 48.8 Å². The molecule has 3 heterocycles. The first-order valence-corrected chi connectivity index (χ1v) is 14.8. The number of sulfone groups is 1. The summed E-state index contributed by atoms with van der Waals surface area (Å²) in [6, 6.07) is 9.77. The van der Waals surface area contributed by atoms with Crippen molar-refractivity contribution in [2.45, 2.75) is 25.3 Å². The molecule has 38 heavy (non-hydrogen) atoms. The number of anilines is 1. The number of thiophene rings is 1. The number of nitrogens with one attached hydrogen (secondary N) is 2. The number of rotatable bonds is 10. The number of hydrogen-bond acceptors (Lipinski definition) is 8. The highest BCUT2D eigenvalue weighted by atomic mass is 32.2. The Hall–Kier alpha value is -3.61. The molecule has 9 nitrogen and oxygen atoms in total. The van der Waals surface area contributed by atoms with Crippen LogP contribution in [0.1, 0.15) is 29.9 Å². The number of fused-ring (bicyclic) bond motifs is 1. The molecule has 3 aromatic heterocycles. The average molecular weight is 556 g/mol. The van der Waals surface area contributed by atoms with Crippen molar-refractivity contribution in [3.8, 4) is 22.1 Å². The number of halogens is 1. The fourth-order valence-electron chi connectivity index (χ4n) is 4.07. The molecule has 1 saturated carbocycles. The second-order valence-corrected chi connectivity index (χ2v) is 12.5. The Bertz CT molecular complexity index is 1600. The number of pyridine rings is 2. The number of ether oxygens (including phenoxy) is 1. The van der Waals surface area contributed by atoms with Gasteiger partial charge in [0.05, 0.1) is 26.5 Å². The first-order chi connectivity index (χ1) is 18.2. The van der Waals surface area contributed by atoms with E-state index in [-0.39, 0.29) is 17.4 Å². The maximum absolute atomic E-state index is 15.5. The van der Waals surface area contributed by atoms with Gasteiger partial charge in [-0.3, -0.25) is 9.97 Å². The molecule has 1 aromatic carbocycles. The summed E-state index contributed by atoms with van der Waals surface area (Å²) in [6.45, 7) is 0.884. The summed E-state index contributed by atoms with van der Waals surface area (Å²) in [4.78, 5) is 21.2. The molecule has 0 unspecified atom stereocenters. The van der Waals surface area contributed by atoms with E-state index in [9.17, 15) is 13.2 Å². The summed E-state index contributed by atoms with van der Waals surface area (Å²) in [5, 5.41) is 5.60. The molecule has 0 spiro atoms. The van der Waals surface area contributed by atoms with Gasteiger partial charge in [0.1, 0.15) is 15.6 Å². The molecule has 2 amide bonds. The third-order valence-corrected chi connectivity index (χ3v) is 8.15. The Morgan fingerprint density at radius 3 is 2.68 bits per heavy atom. The van der Waals surface area contributed by atoms with E-state index in [1.54, 1.807) is 24.5 Å². The summed E-state index contributed by atoms with van der Waals surface area (Å²) < 4.78 is 44.7. The van der Waals surface area contributed by atoms with Crippen LogP contribution >= 0.6 is 11.3 Å². The zero-order chi connectivity index (χ0) is 26.9. The Morgan fingerprint density at radius 2 is 2.00 bits per heavy atom. The quantitative estimate of drug-likeness (QED) is 0.239. The number of nitrogens with zero attached hydrogens (tertiary/aromatic N) is 2. The summed E-state index contributed by atoms with van der Waals surface area (Å²) in [6.07, 6.45) is 6.24. The van der Waals surface area contributed by atoms with Gasteiger partial charge in [-0.1, -0.05) is 6.07 Å². The van der Waals surface area contributed by atoms with Crippen molar-refractivity contribution in [3.63, 3.8) is 0 Å². The molecule has 1 aliphatic carbocycles. The van der Waals surface area contributed by atoms with Crippen molar-refractivity contribution in [3.05, 3.63) is 65.7 Å². The van der Waals surface area contributed by atoms with Crippen molar-refractivity contribution in [2.24, 2.45) is 5.73 Å². The smallest absolute Gasteiger partial charge is 0.316 e. The van der Waals surface area contributed by atoms with Crippen molar-refractivity contribution in [1.82, 2.24) is 15.3 Å². The third kappa shape index (κ3) is 6.09. The van der Waals surface area contributed by atoms with Gasteiger partial charge < -0.3 is 21.1 Å². The predicted octanol–water partition coefficient (Wildman–Crippen LogP) is 4.79. The number of benzene rings is 1. The van der Waals surface area contributed by atoms with E-state index in [1.165, 1.54) is 23.7 Å². The van der Waals surface area contributed by atoms with Crippen LogP contribution in [0, 0.1) is 5.82 Å². The Morgan fingerprint density at radius 1 is 1.18 bits per heavy atom. The van der Waals surface area contributed by atoms with E-state index in [4.69, 9.17) is 10.5 Å². The van der Waals surface area contributed by atoms with Gasteiger partial charge in [-0.15, -0.1) is 11.3 Å². The van der Waals surface area contributed by atoms with E-state index in [0.29, 0.717) is 35.6 Å². The number of nitrogens with two attached hydrogens (primary N) is 1. The fourth-order valence-corrected chi connectivity index (χ4v) is 5.63. The molecule has 0 atom stereocenters. The lowest BCUT2D eigenvalue weighted by Gasteiger charge is -2.14. The summed E-state index contributed by atoms with van der Waals surface area (Å²) in [5.41, 5.74) is 8.41. The molecule has 0 radical (unpaired) electrons. The van der Waals surface area contributed by atoms with Crippen LogP contribution in [0.2, 0.25) is 0 Å². The highest BCUT2D eigenvalue weighted by Gasteiger charge is 2.31. The number of carbonyl (C=O) groups is 1. The molecular formula is C26H26FN5O4S2. The van der Waals surface area contributed by atoms with Gasteiger partial charge >= 0.3 is 6.03 Å². The van der Waals surface area contributed by atoms with Crippen LogP contribution < -0.4 is 21.1 Å². The normalized spacial score (nSPS) is 13.5. The van der Waals surface area contributed by atoms with E-state index in [0.717, 1.165) is 33.7 Å². The topological polar surface area (TPSA) is 136 Å². The summed E-state index contributed by atoms with van der Waals surface area (Å²) in [7, 11) is -3.00. The minimum Gasteiger partial charge on any atom is -0.453 e. The second kappa shape index (κ2) is 10.6. The van der Waals surface area contributed by atoms with E-state index >= 15 is 4.39 Å². The number of hydrogen-bond donors (Lipinski definition) is 3. The van der Waals surface area contributed by atoms with Gasteiger partial charge in [-0.05, 0) is 48.6 Å². The van der Waals surface area contributed by atoms with Crippen LogP contribution in [0.3, 0.4) is 0 Å². The molecule has 1 fully saturated rings. The van der Waals surface area contributed by atoms with Crippen molar-refractivity contribution >= 4 is 43.1 Å². The minimum absolute atomic E-state index is 0.0233. The first kappa shape index (κ1) is 26.0. The molecule has 1 aliphatic rings. The number of amides is 2. The molecule has 0 aliphatic heterocycles. The lowest BCUT2D eigenvalue weighted by molar-refractivity contribution is 0.259. The maximum atomic E-state index is 15.5. The lowest BCUT2D eigenvalue weighted by atomic mass is 10.1. The molecule has 0 bridgehead atoms. The second-order valence-electron chi connectivity index (χ2n) is 9.20. The van der Waals surface area contributed by atoms with Crippen LogP contribution in [0.5, 0.6) is 11.5 Å². The van der Waals surface area contributed by atoms with Gasteiger partial charge in [0.2, 0.25) is 0 Å². The standard InChI is InChI=1S/C26H26FN5O4S2/c1-38(34,35)11-10-29-13-15-2-5-17(31-14-15)22-12-19-25(37-22)21(8-9-30-19)36-20-7-6-18(32-26(28)33)23(24(20)27)16-3-4-16/h2,5-9,12,14,16,29H,3-4,10-11,13H2,1H3,(H3,28,32,33). The van der Waals surface area contributed by atoms with Crippen molar-refractivity contribution in [2.75, 3.05) is 23.9 Å². The van der Waals surface area contributed by atoms with Crippen LogP contribution in [0.4, 0.5) is 14.9 Å². The van der Waals surface area contributed by atoms with Crippen molar-refractivity contribution < 1.29 is 22.3 Å². The Balaban J connectivity index is 1.35. The van der Waals surface area contributed by atoms with Gasteiger partial charge in [-0.25, -0.2) is 17.6 Å². The molecule has 4 N–H and O–H groups in total. The van der Waals surface area contributed by atoms with Gasteiger partial charge in [0, 0.05) is 49.1 Å². The van der Waals surface area contributed by atoms with Gasteiger partial charge in [0.15, 0.2) is 11.6 Å². The predicted molar refractivity (Wildman–Crippen MR) is 146 cm³/mol. The average Bonchev–Trinajstić information content (AvgIpc) is 3.60. The maximum Gasteiger partial charge on any atom is 0.316 e. The lowest BCUT2D eigenvalue weighted by Crippen LogP contribution is -2.21. The Kier molecular flexibility index (Phi) is 7.28. The highest BCUT2D eigenvalue weighted by molar-refractivity contribution is 7.90. The van der Waals surface area contributed by atoms with E-state index < -0.39 is 21.7 Å². The molecule has 4 aromatic rings. The summed E-state index contributed by atoms with van der Waals surface area (Å²) >= 11 is 1.44. The highest BCUT2D eigenvalue weighted by Crippen LogP contribution is 2.47. The summed E-state index contributed by atoms with van der Waals surface area (Å²) in [5.74, 6) is 0.125. The molecular weight excluding hydrogens is 529 g/mol. The van der Waals surface area contributed by atoms with Gasteiger partial charge in [0.25, 0.3) is 0 Å². The first-order valence-electron chi connectivity index (χ1n) is 12.0. The number of carbonyl (C=O) groups excluding carboxylic acids is 1. The van der Waals surface area contributed by atoms with Crippen molar-refractivity contribution in [1.29, 1.82) is 0 Å². The zero-order valence-electron chi connectivity index (χ0n) is 20.5. The van der Waals surface area contributed by atoms with E-state index in [2.05, 4.69) is 20.6 Å². The SMILES string of the molecule is CS(=O)(=O)CCNCc1ccc(-c2cc3nccc(Oc4ccc(NC(N)=O)c(C5CC5)c4F)c3s2)nc1. The Labute approximate surface area is 223 Å². The molecule has 5 rings (SSSR count). The van der Waals surface area contributed by atoms with Gasteiger partial charge in [-0.2, -0.15) is 0 Å². The van der Waals surface area contributed by atoms with Crippen LogP contribution in [-0.2, 0) is 16.4 Å². The number of urea groups is 1. The third-order valence-electron chi connectivity index (χ3n) is 6.04. The fraction of sp³-hybridized carbons (Fsp3) is 0.269. The largest absolute Gasteiger partial charge is 0.453 e. The molecule has 12 heteroatoms. The number of primary amides is 1. The zero-order valence-corrected chi connectivity index (χ0v) is 22.2.